The van der Waals surface area contributed by atoms with Gasteiger partial charge in [0.25, 0.3) is 5.91 Å². The number of carbonyl (C=O) groups is 2. The van der Waals surface area contributed by atoms with Crippen LogP contribution < -0.4 is 14.9 Å². The number of para-hydroxylation sites is 1. The summed E-state index contributed by atoms with van der Waals surface area (Å²) in [5, 5.41) is 5.65. The minimum atomic E-state index is -3.48. The Hall–Kier alpha value is -2.87. The largest absolute Gasteiger partial charge is 0.347 e. The van der Waals surface area contributed by atoms with Crippen LogP contribution >= 0.6 is 0 Å². The first-order chi connectivity index (χ1) is 14.4. The molecule has 2 N–H and O–H groups in total. The first kappa shape index (κ1) is 24.4. The fourth-order valence-electron chi connectivity index (χ4n) is 3.06. The van der Waals surface area contributed by atoms with Crippen LogP contribution in [-0.2, 0) is 14.8 Å². The van der Waals surface area contributed by atoms with Gasteiger partial charge in [-0.25, -0.2) is 8.42 Å². The number of nitrogens with zero attached hydrogens (tertiary/aromatic N) is 1. The molecule has 0 atom stereocenters. The van der Waals surface area contributed by atoms with E-state index in [-0.39, 0.29) is 24.8 Å². The second kappa shape index (κ2) is 9.96. The van der Waals surface area contributed by atoms with Crippen LogP contribution in [0, 0.1) is 6.92 Å². The standard InChI is InChI=1S/C23H31N3O4S/c1-17-10-8-11-18(16-17)26(31(5,29)30)15-9-14-21(27)24-20-13-7-6-12-19(20)22(28)25-23(2,3)4/h6-8,10-13,16H,9,14-15H2,1-5H3,(H,24,27)(H,25,28). The van der Waals surface area contributed by atoms with Gasteiger partial charge in [-0.2, -0.15) is 0 Å². The van der Waals surface area contributed by atoms with E-state index in [1.807, 2.05) is 33.8 Å². The molecule has 0 bridgehead atoms. The summed E-state index contributed by atoms with van der Waals surface area (Å²) in [6.07, 6.45) is 1.61. The van der Waals surface area contributed by atoms with Crippen LogP contribution in [0.3, 0.4) is 0 Å². The number of carbonyl (C=O) groups excluding carboxylic acids is 2. The molecule has 0 spiro atoms. The number of sulfonamides is 1. The molecule has 8 heteroatoms. The molecule has 2 aromatic rings. The van der Waals surface area contributed by atoms with Crippen molar-refractivity contribution in [2.75, 3.05) is 22.4 Å². The molecule has 0 unspecified atom stereocenters. The van der Waals surface area contributed by atoms with Gasteiger partial charge in [-0.3, -0.25) is 13.9 Å². The molecule has 2 aromatic carbocycles. The van der Waals surface area contributed by atoms with Gasteiger partial charge < -0.3 is 10.6 Å². The van der Waals surface area contributed by atoms with E-state index in [4.69, 9.17) is 0 Å². The van der Waals surface area contributed by atoms with Crippen LogP contribution in [-0.4, -0.2) is 38.6 Å². The van der Waals surface area contributed by atoms with Crippen molar-refractivity contribution in [2.45, 2.75) is 46.1 Å². The number of amides is 2. The van der Waals surface area contributed by atoms with Gasteiger partial charge in [-0.1, -0.05) is 24.3 Å². The van der Waals surface area contributed by atoms with Crippen LogP contribution in [0.25, 0.3) is 0 Å². The maximum Gasteiger partial charge on any atom is 0.253 e. The Balaban J connectivity index is 2.03. The highest BCUT2D eigenvalue weighted by molar-refractivity contribution is 7.92. The third kappa shape index (κ3) is 7.71. The maximum absolute atomic E-state index is 12.5. The molecule has 0 radical (unpaired) electrons. The summed E-state index contributed by atoms with van der Waals surface area (Å²) >= 11 is 0. The summed E-state index contributed by atoms with van der Waals surface area (Å²) in [4.78, 5) is 25.0. The van der Waals surface area contributed by atoms with Crippen LogP contribution in [0.15, 0.2) is 48.5 Å². The number of rotatable bonds is 8. The first-order valence-corrected chi connectivity index (χ1v) is 12.0. The molecule has 0 aliphatic heterocycles. The van der Waals surface area contributed by atoms with E-state index in [0.29, 0.717) is 23.4 Å². The summed E-state index contributed by atoms with van der Waals surface area (Å²) in [5.74, 6) is -0.556. The fourth-order valence-corrected chi connectivity index (χ4v) is 4.02. The third-order valence-electron chi connectivity index (χ3n) is 4.39. The van der Waals surface area contributed by atoms with Crippen molar-refractivity contribution in [1.82, 2.24) is 5.32 Å². The van der Waals surface area contributed by atoms with Gasteiger partial charge in [0.1, 0.15) is 0 Å². The Morgan fingerprint density at radius 3 is 2.32 bits per heavy atom. The molecule has 0 aliphatic carbocycles. The molecule has 2 amide bonds. The second-order valence-corrected chi connectivity index (χ2v) is 10.5. The van der Waals surface area contributed by atoms with Gasteiger partial charge >= 0.3 is 0 Å². The Labute approximate surface area is 184 Å². The predicted octanol–water partition coefficient (Wildman–Crippen LogP) is 3.71. The molecule has 168 valence electrons. The van der Waals surface area contributed by atoms with Gasteiger partial charge in [0.2, 0.25) is 15.9 Å². The summed E-state index contributed by atoms with van der Waals surface area (Å²) in [6.45, 7) is 7.72. The number of anilines is 2. The maximum atomic E-state index is 12.5. The average Bonchev–Trinajstić information content (AvgIpc) is 2.63. The quantitative estimate of drug-likeness (QED) is 0.647. The van der Waals surface area contributed by atoms with Crippen molar-refractivity contribution in [2.24, 2.45) is 0 Å². The molecule has 31 heavy (non-hydrogen) atoms. The lowest BCUT2D eigenvalue weighted by molar-refractivity contribution is -0.116. The Bertz CT molecular complexity index is 1040. The molecular formula is C23H31N3O4S. The van der Waals surface area contributed by atoms with Gasteiger partial charge in [0, 0.05) is 18.5 Å². The average molecular weight is 446 g/mol. The molecule has 0 saturated carbocycles. The van der Waals surface area contributed by atoms with Gasteiger partial charge in [0.15, 0.2) is 0 Å². The fraction of sp³-hybridized carbons (Fsp3) is 0.391. The van der Waals surface area contributed by atoms with Gasteiger partial charge in [-0.15, -0.1) is 0 Å². The lowest BCUT2D eigenvalue weighted by atomic mass is 10.1. The molecule has 0 aliphatic rings. The smallest absolute Gasteiger partial charge is 0.253 e. The van der Waals surface area contributed by atoms with E-state index < -0.39 is 15.6 Å². The highest BCUT2D eigenvalue weighted by Crippen LogP contribution is 2.20. The van der Waals surface area contributed by atoms with E-state index >= 15 is 0 Å². The Morgan fingerprint density at radius 2 is 1.71 bits per heavy atom. The molecule has 0 aromatic heterocycles. The van der Waals surface area contributed by atoms with Crippen molar-refractivity contribution in [1.29, 1.82) is 0 Å². The molecular weight excluding hydrogens is 414 g/mol. The van der Waals surface area contributed by atoms with Crippen molar-refractivity contribution < 1.29 is 18.0 Å². The van der Waals surface area contributed by atoms with Crippen LogP contribution in [0.2, 0.25) is 0 Å². The van der Waals surface area contributed by atoms with Crippen molar-refractivity contribution in [3.05, 3.63) is 59.7 Å². The van der Waals surface area contributed by atoms with E-state index in [1.54, 1.807) is 42.5 Å². The Morgan fingerprint density at radius 1 is 1.03 bits per heavy atom. The summed E-state index contributed by atoms with van der Waals surface area (Å²) in [6, 6.07) is 14.0. The van der Waals surface area contributed by atoms with Gasteiger partial charge in [0.05, 0.1) is 23.2 Å². The zero-order valence-electron chi connectivity index (χ0n) is 18.7. The second-order valence-electron chi connectivity index (χ2n) is 8.58. The monoisotopic (exact) mass is 445 g/mol. The van der Waals surface area contributed by atoms with Gasteiger partial charge in [-0.05, 0) is 63.9 Å². The molecule has 2 rings (SSSR count). The number of benzene rings is 2. The third-order valence-corrected chi connectivity index (χ3v) is 5.58. The van der Waals surface area contributed by atoms with E-state index in [2.05, 4.69) is 10.6 Å². The van der Waals surface area contributed by atoms with Crippen LogP contribution in [0.1, 0.15) is 49.5 Å². The van der Waals surface area contributed by atoms with Crippen LogP contribution in [0.4, 0.5) is 11.4 Å². The summed E-state index contributed by atoms with van der Waals surface area (Å²) in [7, 11) is -3.48. The highest BCUT2D eigenvalue weighted by Gasteiger charge is 2.20. The summed E-state index contributed by atoms with van der Waals surface area (Å²) < 4.78 is 25.8. The number of aryl methyl sites for hydroxylation is 1. The molecule has 7 nitrogen and oxygen atoms in total. The minimum absolute atomic E-state index is 0.118. The lowest BCUT2D eigenvalue weighted by Gasteiger charge is -2.23. The van der Waals surface area contributed by atoms with Crippen LogP contribution in [0.5, 0.6) is 0 Å². The zero-order valence-corrected chi connectivity index (χ0v) is 19.5. The Kier molecular flexibility index (Phi) is 7.84. The van der Waals surface area contributed by atoms with E-state index in [1.165, 1.54) is 4.31 Å². The van der Waals surface area contributed by atoms with Crippen molar-refractivity contribution >= 4 is 33.2 Å². The number of nitrogens with one attached hydrogen (secondary N) is 2. The molecule has 0 heterocycles. The molecule has 0 saturated heterocycles. The predicted molar refractivity (Wildman–Crippen MR) is 125 cm³/mol. The summed E-state index contributed by atoms with van der Waals surface area (Å²) in [5.41, 5.74) is 1.93. The topological polar surface area (TPSA) is 95.6 Å². The number of hydrogen-bond acceptors (Lipinski definition) is 4. The number of hydrogen-bond donors (Lipinski definition) is 2. The van der Waals surface area contributed by atoms with E-state index in [0.717, 1.165) is 11.8 Å². The normalized spacial score (nSPS) is 11.6. The van der Waals surface area contributed by atoms with Crippen molar-refractivity contribution in [3.8, 4) is 0 Å². The molecule has 0 fully saturated rings. The zero-order chi connectivity index (χ0) is 23.2. The first-order valence-electron chi connectivity index (χ1n) is 10.1. The van der Waals surface area contributed by atoms with Crippen molar-refractivity contribution in [3.63, 3.8) is 0 Å². The van der Waals surface area contributed by atoms with E-state index in [9.17, 15) is 18.0 Å². The highest BCUT2D eigenvalue weighted by atomic mass is 32.2. The lowest BCUT2D eigenvalue weighted by Crippen LogP contribution is -2.40. The minimum Gasteiger partial charge on any atom is -0.347 e. The SMILES string of the molecule is Cc1cccc(N(CCCC(=O)Nc2ccccc2C(=O)NC(C)(C)C)S(C)(=O)=O)c1.